The Bertz CT molecular complexity index is 933. The number of hydrogen-bond donors (Lipinski definition) is 4. The molecule has 0 saturated carbocycles. The molecule has 0 spiro atoms. The van der Waals surface area contributed by atoms with Crippen LogP contribution in [0.15, 0.2) is 35.6 Å². The van der Waals surface area contributed by atoms with Gasteiger partial charge in [-0.15, -0.1) is 0 Å². The van der Waals surface area contributed by atoms with E-state index in [0.717, 1.165) is 0 Å². The van der Waals surface area contributed by atoms with Gasteiger partial charge in [0.05, 0.1) is 17.7 Å². The standard InChI is InChI=1S/C19H22N6O3S/c20-15-14-12(18(28)23-10-1-5-22-6-2-10)9-13(25-7-3-11(26)4-8-25)24-19(14)29-16(15)17(21)27/h1-2,5-6,9,11,15-16,26H,3-4,7-8,20H2,(H2,21,27)(H,22,23,28). The number of thioether (sulfide) groups is 1. The van der Waals surface area contributed by atoms with Crippen molar-refractivity contribution in [1.29, 1.82) is 0 Å². The SMILES string of the molecule is NC(=O)C1Sc2nc(N3CCC(O)CC3)cc(C(=O)Nc3ccncc3)c2C1N. The molecule has 1 fully saturated rings. The quantitative estimate of drug-likeness (QED) is 0.570. The van der Waals surface area contributed by atoms with Crippen LogP contribution in [-0.2, 0) is 4.79 Å². The lowest BCUT2D eigenvalue weighted by Gasteiger charge is -2.31. The predicted molar refractivity (Wildman–Crippen MR) is 110 cm³/mol. The Morgan fingerprint density at radius 1 is 1.24 bits per heavy atom. The minimum absolute atomic E-state index is 0.322. The molecular weight excluding hydrogens is 392 g/mol. The molecule has 10 heteroatoms. The summed E-state index contributed by atoms with van der Waals surface area (Å²) in [7, 11) is 0. The van der Waals surface area contributed by atoms with Gasteiger partial charge in [0.15, 0.2) is 0 Å². The van der Waals surface area contributed by atoms with Crippen molar-refractivity contribution in [3.8, 4) is 0 Å². The van der Waals surface area contributed by atoms with E-state index >= 15 is 0 Å². The van der Waals surface area contributed by atoms with Crippen LogP contribution in [0.5, 0.6) is 0 Å². The largest absolute Gasteiger partial charge is 0.393 e. The number of carbonyl (C=O) groups is 2. The summed E-state index contributed by atoms with van der Waals surface area (Å²) < 4.78 is 0. The topological polar surface area (TPSA) is 147 Å². The number of fused-ring (bicyclic) bond motifs is 1. The Balaban J connectivity index is 1.72. The van der Waals surface area contributed by atoms with E-state index in [-0.39, 0.29) is 12.0 Å². The molecule has 2 aromatic heterocycles. The molecule has 0 aliphatic carbocycles. The van der Waals surface area contributed by atoms with E-state index in [1.807, 2.05) is 4.90 Å². The number of aliphatic hydroxyl groups excluding tert-OH is 1. The second-order valence-corrected chi connectivity index (χ2v) is 8.25. The lowest BCUT2D eigenvalue weighted by molar-refractivity contribution is -0.117. The van der Waals surface area contributed by atoms with Crippen LogP contribution < -0.4 is 21.7 Å². The molecule has 2 amide bonds. The molecule has 4 rings (SSSR count). The van der Waals surface area contributed by atoms with Crippen LogP contribution >= 0.6 is 11.8 Å². The fourth-order valence-corrected chi connectivity index (χ4v) is 4.75. The number of amides is 2. The number of anilines is 2. The van der Waals surface area contributed by atoms with E-state index in [1.165, 1.54) is 11.8 Å². The molecule has 0 radical (unpaired) electrons. The summed E-state index contributed by atoms with van der Waals surface area (Å²) >= 11 is 1.19. The summed E-state index contributed by atoms with van der Waals surface area (Å²) in [4.78, 5) is 35.5. The van der Waals surface area contributed by atoms with Gasteiger partial charge in [0.2, 0.25) is 5.91 Å². The highest BCUT2D eigenvalue weighted by Crippen LogP contribution is 2.44. The lowest BCUT2D eigenvalue weighted by Crippen LogP contribution is -2.36. The van der Waals surface area contributed by atoms with Gasteiger partial charge in [-0.25, -0.2) is 4.98 Å². The molecule has 1 saturated heterocycles. The second kappa shape index (κ2) is 7.97. The first-order valence-electron chi connectivity index (χ1n) is 9.35. The number of nitrogens with one attached hydrogen (secondary N) is 1. The zero-order valence-corrected chi connectivity index (χ0v) is 16.4. The van der Waals surface area contributed by atoms with Gasteiger partial charge < -0.3 is 26.8 Å². The van der Waals surface area contributed by atoms with Gasteiger partial charge in [0, 0.05) is 36.7 Å². The lowest BCUT2D eigenvalue weighted by atomic mass is 9.99. The number of pyridine rings is 2. The van der Waals surface area contributed by atoms with E-state index in [4.69, 9.17) is 11.5 Å². The number of piperidine rings is 1. The van der Waals surface area contributed by atoms with Gasteiger partial charge in [-0.2, -0.15) is 0 Å². The Morgan fingerprint density at radius 2 is 1.93 bits per heavy atom. The fraction of sp³-hybridized carbons (Fsp3) is 0.368. The van der Waals surface area contributed by atoms with Crippen LogP contribution in [0, 0.1) is 0 Å². The van der Waals surface area contributed by atoms with Crippen LogP contribution in [0.25, 0.3) is 0 Å². The molecule has 2 atom stereocenters. The minimum atomic E-state index is -0.713. The van der Waals surface area contributed by atoms with E-state index < -0.39 is 17.2 Å². The first kappa shape index (κ1) is 19.6. The van der Waals surface area contributed by atoms with Crippen molar-refractivity contribution in [2.45, 2.75) is 35.3 Å². The molecular formula is C19H22N6O3S. The maximum Gasteiger partial charge on any atom is 0.256 e. The summed E-state index contributed by atoms with van der Waals surface area (Å²) in [6, 6.07) is 4.37. The molecule has 2 aliphatic heterocycles. The molecule has 6 N–H and O–H groups in total. The number of primary amides is 1. The van der Waals surface area contributed by atoms with Gasteiger partial charge in [0.25, 0.3) is 5.91 Å². The molecule has 9 nitrogen and oxygen atoms in total. The Kier molecular flexibility index (Phi) is 5.39. The number of nitrogens with two attached hydrogens (primary N) is 2. The Hall–Kier alpha value is -2.69. The first-order valence-corrected chi connectivity index (χ1v) is 10.2. The van der Waals surface area contributed by atoms with Gasteiger partial charge in [0.1, 0.15) is 16.1 Å². The van der Waals surface area contributed by atoms with Gasteiger partial charge in [-0.05, 0) is 31.0 Å². The van der Waals surface area contributed by atoms with E-state index in [0.29, 0.717) is 53.6 Å². The predicted octanol–water partition coefficient (Wildman–Crippen LogP) is 0.649. The molecule has 2 aromatic rings. The van der Waals surface area contributed by atoms with Crippen molar-refractivity contribution in [2.24, 2.45) is 11.5 Å². The van der Waals surface area contributed by atoms with E-state index in [2.05, 4.69) is 15.3 Å². The highest BCUT2D eigenvalue weighted by atomic mass is 32.2. The second-order valence-electron chi connectivity index (χ2n) is 7.12. The normalized spacial score (nSPS) is 21.7. The van der Waals surface area contributed by atoms with Crippen LogP contribution in [-0.4, -0.2) is 51.3 Å². The zero-order chi connectivity index (χ0) is 20.5. The molecule has 2 unspecified atom stereocenters. The van der Waals surface area contributed by atoms with Crippen molar-refractivity contribution in [2.75, 3.05) is 23.3 Å². The fourth-order valence-electron chi connectivity index (χ4n) is 3.59. The highest BCUT2D eigenvalue weighted by Gasteiger charge is 2.39. The first-order chi connectivity index (χ1) is 13.9. The van der Waals surface area contributed by atoms with E-state index in [9.17, 15) is 14.7 Å². The average Bonchev–Trinajstić information content (AvgIpc) is 3.05. The maximum absolute atomic E-state index is 13.1. The molecule has 0 bridgehead atoms. The summed E-state index contributed by atoms with van der Waals surface area (Å²) in [6.07, 6.45) is 4.11. The highest BCUT2D eigenvalue weighted by molar-refractivity contribution is 8.01. The number of rotatable bonds is 4. The number of hydrogen-bond acceptors (Lipinski definition) is 8. The van der Waals surface area contributed by atoms with Crippen LogP contribution in [0.3, 0.4) is 0 Å². The van der Waals surface area contributed by atoms with Crippen molar-refractivity contribution < 1.29 is 14.7 Å². The van der Waals surface area contributed by atoms with Crippen LogP contribution in [0.1, 0.15) is 34.8 Å². The number of nitrogens with zero attached hydrogens (tertiary/aromatic N) is 3. The smallest absolute Gasteiger partial charge is 0.256 e. The van der Waals surface area contributed by atoms with Gasteiger partial charge in [-0.3, -0.25) is 14.6 Å². The summed E-state index contributed by atoms with van der Waals surface area (Å²) in [6.45, 7) is 1.27. The van der Waals surface area contributed by atoms with Crippen molar-refractivity contribution in [3.63, 3.8) is 0 Å². The molecule has 29 heavy (non-hydrogen) atoms. The maximum atomic E-state index is 13.1. The molecule has 152 valence electrons. The number of aliphatic hydroxyl groups is 1. The van der Waals surface area contributed by atoms with Crippen molar-refractivity contribution in [3.05, 3.63) is 41.7 Å². The average molecular weight is 414 g/mol. The summed E-state index contributed by atoms with van der Waals surface area (Å²) in [5.41, 5.74) is 13.3. The molecule has 4 heterocycles. The van der Waals surface area contributed by atoms with Crippen LogP contribution in [0.2, 0.25) is 0 Å². The van der Waals surface area contributed by atoms with Crippen molar-refractivity contribution in [1.82, 2.24) is 9.97 Å². The minimum Gasteiger partial charge on any atom is -0.393 e. The third-order valence-electron chi connectivity index (χ3n) is 5.16. The zero-order valence-electron chi connectivity index (χ0n) is 15.6. The number of aromatic nitrogens is 2. The van der Waals surface area contributed by atoms with Crippen LogP contribution in [0.4, 0.5) is 11.5 Å². The van der Waals surface area contributed by atoms with Crippen molar-refractivity contribution >= 4 is 35.1 Å². The number of carbonyl (C=O) groups excluding carboxylic acids is 2. The Labute approximate surface area is 171 Å². The third-order valence-corrected chi connectivity index (χ3v) is 6.47. The molecule has 0 aromatic carbocycles. The Morgan fingerprint density at radius 3 is 2.59 bits per heavy atom. The molecule has 2 aliphatic rings. The van der Waals surface area contributed by atoms with Gasteiger partial charge in [-0.1, -0.05) is 11.8 Å². The monoisotopic (exact) mass is 414 g/mol. The summed E-state index contributed by atoms with van der Waals surface area (Å²) in [5.74, 6) is -0.252. The summed E-state index contributed by atoms with van der Waals surface area (Å²) in [5, 5.41) is 12.5. The third kappa shape index (κ3) is 3.91. The van der Waals surface area contributed by atoms with E-state index in [1.54, 1.807) is 30.6 Å². The van der Waals surface area contributed by atoms with Gasteiger partial charge >= 0.3 is 0 Å².